The van der Waals surface area contributed by atoms with E-state index in [1.807, 2.05) is 0 Å². The van der Waals surface area contributed by atoms with Crippen molar-refractivity contribution in [2.75, 3.05) is 18.5 Å². The lowest BCUT2D eigenvalue weighted by Gasteiger charge is -2.18. The van der Waals surface area contributed by atoms with Crippen molar-refractivity contribution in [3.05, 3.63) is 12.3 Å². The average Bonchev–Trinajstić information content (AvgIpc) is 2.17. The van der Waals surface area contributed by atoms with Gasteiger partial charge in [0, 0.05) is 11.7 Å². The zero-order valence-electron chi connectivity index (χ0n) is 6.90. The first-order valence-corrected chi connectivity index (χ1v) is 4.00. The van der Waals surface area contributed by atoms with Crippen LogP contribution in [0, 0.1) is 0 Å². The molecule has 1 aliphatic heterocycles. The van der Waals surface area contributed by atoms with Gasteiger partial charge in [-0.3, -0.25) is 0 Å². The van der Waals surface area contributed by atoms with E-state index in [0.29, 0.717) is 23.6 Å². The molecule has 1 aromatic heterocycles. The van der Waals surface area contributed by atoms with Gasteiger partial charge in [-0.25, -0.2) is 4.98 Å². The topological polar surface area (TPSA) is 74.6 Å². The number of aromatic nitrogens is 1. The minimum absolute atomic E-state index is 0.336. The van der Waals surface area contributed by atoms with E-state index in [2.05, 4.69) is 10.3 Å². The maximum absolute atomic E-state index is 8.86. The van der Waals surface area contributed by atoms with Crippen LogP contribution in [0.2, 0.25) is 0 Å². The van der Waals surface area contributed by atoms with E-state index in [9.17, 15) is 0 Å². The summed E-state index contributed by atoms with van der Waals surface area (Å²) in [5, 5.41) is 20.8. The number of anilines is 1. The standard InChI is InChI=1S/C7H9BN2O3/c11-8(12)5-3-6-7(10-4-5)9-1-2-13-6/h3-4,11-12H,1-2H2,(H,9,10). The lowest BCUT2D eigenvalue weighted by Crippen LogP contribution is -2.31. The molecule has 0 bridgehead atoms. The summed E-state index contributed by atoms with van der Waals surface area (Å²) in [6.07, 6.45) is 1.41. The van der Waals surface area contributed by atoms with Crippen LogP contribution in [0.25, 0.3) is 0 Å². The van der Waals surface area contributed by atoms with Crippen LogP contribution in [0.15, 0.2) is 12.3 Å². The number of nitrogens with zero attached hydrogens (tertiary/aromatic N) is 1. The third-order valence-electron chi connectivity index (χ3n) is 1.82. The molecular weight excluding hydrogens is 171 g/mol. The Labute approximate surface area is 75.5 Å². The molecule has 13 heavy (non-hydrogen) atoms. The molecule has 0 saturated heterocycles. The molecule has 6 heteroatoms. The number of hydrogen-bond donors (Lipinski definition) is 3. The molecule has 0 spiro atoms. The summed E-state index contributed by atoms with van der Waals surface area (Å²) in [4.78, 5) is 3.98. The number of nitrogens with one attached hydrogen (secondary N) is 1. The maximum Gasteiger partial charge on any atom is 0.490 e. The summed E-state index contributed by atoms with van der Waals surface area (Å²) >= 11 is 0. The van der Waals surface area contributed by atoms with E-state index >= 15 is 0 Å². The minimum Gasteiger partial charge on any atom is -0.488 e. The van der Waals surface area contributed by atoms with Crippen LogP contribution >= 0.6 is 0 Å². The summed E-state index contributed by atoms with van der Waals surface area (Å²) in [6, 6.07) is 1.57. The maximum atomic E-state index is 8.86. The molecule has 0 atom stereocenters. The average molecular weight is 180 g/mol. The summed E-state index contributed by atoms with van der Waals surface area (Å²) in [5.74, 6) is 1.22. The molecule has 0 aliphatic carbocycles. The molecule has 0 fully saturated rings. The van der Waals surface area contributed by atoms with Crippen molar-refractivity contribution in [2.45, 2.75) is 0 Å². The molecule has 2 rings (SSSR count). The van der Waals surface area contributed by atoms with Gasteiger partial charge in [-0.05, 0) is 6.07 Å². The highest BCUT2D eigenvalue weighted by Crippen LogP contribution is 2.22. The SMILES string of the molecule is OB(O)c1cnc2c(c1)OCCN2. The van der Waals surface area contributed by atoms with E-state index in [4.69, 9.17) is 14.8 Å². The number of pyridine rings is 1. The Balaban J connectivity index is 2.35. The Hall–Kier alpha value is -1.27. The fraction of sp³-hybridized carbons (Fsp3) is 0.286. The van der Waals surface area contributed by atoms with Crippen molar-refractivity contribution in [1.29, 1.82) is 0 Å². The van der Waals surface area contributed by atoms with Gasteiger partial charge in [0.05, 0.1) is 6.54 Å². The van der Waals surface area contributed by atoms with Crippen LogP contribution in [0.5, 0.6) is 5.75 Å². The molecule has 3 N–H and O–H groups in total. The first-order valence-electron chi connectivity index (χ1n) is 4.00. The third-order valence-corrected chi connectivity index (χ3v) is 1.82. The monoisotopic (exact) mass is 180 g/mol. The fourth-order valence-electron chi connectivity index (χ4n) is 1.17. The summed E-state index contributed by atoms with van der Waals surface area (Å²) < 4.78 is 5.27. The summed E-state index contributed by atoms with van der Waals surface area (Å²) in [7, 11) is -1.50. The second-order valence-electron chi connectivity index (χ2n) is 2.76. The van der Waals surface area contributed by atoms with Gasteiger partial charge < -0.3 is 20.1 Å². The van der Waals surface area contributed by atoms with Crippen LogP contribution in [-0.2, 0) is 0 Å². The van der Waals surface area contributed by atoms with Crippen molar-refractivity contribution in [2.24, 2.45) is 0 Å². The van der Waals surface area contributed by atoms with Crippen LogP contribution in [0.4, 0.5) is 5.82 Å². The molecule has 2 heterocycles. The lowest BCUT2D eigenvalue weighted by atomic mass is 9.81. The molecule has 1 aromatic rings. The summed E-state index contributed by atoms with van der Waals surface area (Å²) in [6.45, 7) is 1.29. The number of fused-ring (bicyclic) bond motifs is 1. The second kappa shape index (κ2) is 3.23. The van der Waals surface area contributed by atoms with Crippen molar-refractivity contribution in [3.8, 4) is 5.75 Å². The van der Waals surface area contributed by atoms with Gasteiger partial charge in [-0.2, -0.15) is 0 Å². The summed E-state index contributed by atoms with van der Waals surface area (Å²) in [5.41, 5.74) is 0.336. The minimum atomic E-state index is -1.50. The van der Waals surface area contributed by atoms with E-state index in [1.54, 1.807) is 6.07 Å². The molecular formula is C7H9BN2O3. The van der Waals surface area contributed by atoms with Gasteiger partial charge in [0.15, 0.2) is 11.6 Å². The Kier molecular flexibility index (Phi) is 2.07. The quantitative estimate of drug-likeness (QED) is 0.461. The van der Waals surface area contributed by atoms with Crippen LogP contribution in [0.1, 0.15) is 0 Å². The Morgan fingerprint density at radius 3 is 3.15 bits per heavy atom. The second-order valence-corrected chi connectivity index (χ2v) is 2.76. The van der Waals surface area contributed by atoms with Gasteiger partial charge >= 0.3 is 7.12 Å². The molecule has 0 saturated carbocycles. The Morgan fingerprint density at radius 2 is 2.38 bits per heavy atom. The van der Waals surface area contributed by atoms with Gasteiger partial charge in [0.25, 0.3) is 0 Å². The highest BCUT2D eigenvalue weighted by atomic mass is 16.5. The highest BCUT2D eigenvalue weighted by molar-refractivity contribution is 6.58. The lowest BCUT2D eigenvalue weighted by molar-refractivity contribution is 0.321. The fourth-order valence-corrected chi connectivity index (χ4v) is 1.17. The van der Waals surface area contributed by atoms with Crippen molar-refractivity contribution < 1.29 is 14.8 Å². The normalized spacial score (nSPS) is 14.0. The molecule has 0 aromatic carbocycles. The predicted octanol–water partition coefficient (Wildman–Crippen LogP) is -1.43. The van der Waals surface area contributed by atoms with E-state index < -0.39 is 7.12 Å². The highest BCUT2D eigenvalue weighted by Gasteiger charge is 2.17. The Bertz CT molecular complexity index is 319. The van der Waals surface area contributed by atoms with E-state index in [0.717, 1.165) is 6.54 Å². The molecule has 0 amide bonds. The van der Waals surface area contributed by atoms with Crippen LogP contribution in [0.3, 0.4) is 0 Å². The molecule has 0 unspecified atom stereocenters. The molecule has 1 aliphatic rings. The molecule has 0 radical (unpaired) electrons. The zero-order valence-corrected chi connectivity index (χ0v) is 6.90. The van der Waals surface area contributed by atoms with Crippen LogP contribution < -0.4 is 15.5 Å². The zero-order chi connectivity index (χ0) is 9.26. The predicted molar refractivity (Wildman–Crippen MR) is 48.0 cm³/mol. The van der Waals surface area contributed by atoms with Gasteiger partial charge in [0.2, 0.25) is 0 Å². The van der Waals surface area contributed by atoms with Crippen molar-refractivity contribution in [3.63, 3.8) is 0 Å². The first kappa shape index (κ1) is 8.34. The van der Waals surface area contributed by atoms with E-state index in [1.165, 1.54) is 6.20 Å². The molecule has 68 valence electrons. The van der Waals surface area contributed by atoms with Crippen molar-refractivity contribution >= 4 is 18.4 Å². The van der Waals surface area contributed by atoms with Crippen molar-refractivity contribution in [1.82, 2.24) is 4.98 Å². The number of ether oxygens (including phenoxy) is 1. The van der Waals surface area contributed by atoms with Crippen LogP contribution in [-0.4, -0.2) is 35.3 Å². The number of hydrogen-bond acceptors (Lipinski definition) is 5. The third kappa shape index (κ3) is 1.58. The van der Waals surface area contributed by atoms with Gasteiger partial charge in [0.1, 0.15) is 6.61 Å². The molecule has 5 nitrogen and oxygen atoms in total. The van der Waals surface area contributed by atoms with E-state index in [-0.39, 0.29) is 0 Å². The Morgan fingerprint density at radius 1 is 1.54 bits per heavy atom. The van der Waals surface area contributed by atoms with Gasteiger partial charge in [-0.15, -0.1) is 0 Å². The number of rotatable bonds is 1. The smallest absolute Gasteiger partial charge is 0.488 e. The van der Waals surface area contributed by atoms with Gasteiger partial charge in [-0.1, -0.05) is 0 Å². The first-order chi connectivity index (χ1) is 6.27. The largest absolute Gasteiger partial charge is 0.490 e.